The molecule has 3 aromatic rings. The Labute approximate surface area is 172 Å². The lowest BCUT2D eigenvalue weighted by Gasteiger charge is -2.11. The van der Waals surface area contributed by atoms with Gasteiger partial charge < -0.3 is 20.3 Å². The summed E-state index contributed by atoms with van der Waals surface area (Å²) in [7, 11) is 4.00. The van der Waals surface area contributed by atoms with Crippen molar-refractivity contribution in [3.05, 3.63) is 54.0 Å². The van der Waals surface area contributed by atoms with Crippen molar-refractivity contribution in [1.29, 1.82) is 0 Å². The number of hydrogen-bond donors (Lipinski definition) is 3. The molecule has 1 aliphatic heterocycles. The molecule has 10 nitrogen and oxygen atoms in total. The van der Waals surface area contributed by atoms with E-state index in [-0.39, 0.29) is 5.70 Å². The zero-order valence-electron chi connectivity index (χ0n) is 16.5. The lowest BCUT2D eigenvalue weighted by Crippen LogP contribution is -2.22. The van der Waals surface area contributed by atoms with Gasteiger partial charge in [-0.05, 0) is 50.5 Å². The second-order valence-corrected chi connectivity index (χ2v) is 6.95. The van der Waals surface area contributed by atoms with Crippen molar-refractivity contribution in [2.24, 2.45) is 0 Å². The van der Waals surface area contributed by atoms with Crippen LogP contribution in [0.15, 0.2) is 48.4 Å². The van der Waals surface area contributed by atoms with E-state index >= 15 is 0 Å². The Balaban J connectivity index is 1.49. The molecule has 0 atom stereocenters. The van der Waals surface area contributed by atoms with Crippen LogP contribution in [0, 0.1) is 0 Å². The maximum absolute atomic E-state index is 11.7. The largest absolute Gasteiger partial charge is 0.492 e. The van der Waals surface area contributed by atoms with Crippen LogP contribution < -0.4 is 20.7 Å². The normalized spacial score (nSPS) is 15.0. The lowest BCUT2D eigenvalue weighted by atomic mass is 10.2. The summed E-state index contributed by atoms with van der Waals surface area (Å²) < 4.78 is 7.29. The van der Waals surface area contributed by atoms with Crippen molar-refractivity contribution in [3.8, 4) is 5.75 Å². The standard InChI is InChI=1S/C20H21N7O3/c1-26(2)9-10-30-15-5-3-14(4-6-15)22-17-7-8-27-18(24-17)13(12-21-27)11-16-19(28)25-20(29)23-16/h3-8,11-12H,9-10H2,1-2H3,(H,22,24)(H2,23,25,28,29)/b16-11+. The number of anilines is 2. The van der Waals surface area contributed by atoms with Gasteiger partial charge in [0.25, 0.3) is 5.91 Å². The van der Waals surface area contributed by atoms with Crippen LogP contribution in [-0.2, 0) is 4.79 Å². The number of aromatic nitrogens is 3. The molecule has 1 fully saturated rings. The predicted octanol–water partition coefficient (Wildman–Crippen LogP) is 1.59. The molecular formula is C20H21N7O3. The Kier molecular flexibility index (Phi) is 5.31. The molecular weight excluding hydrogens is 386 g/mol. The molecule has 0 aliphatic carbocycles. The molecule has 2 aromatic heterocycles. The van der Waals surface area contributed by atoms with Gasteiger partial charge in [0, 0.05) is 24.0 Å². The number of carbonyl (C=O) groups excluding carboxylic acids is 2. The van der Waals surface area contributed by atoms with E-state index in [2.05, 4.69) is 30.9 Å². The minimum atomic E-state index is -0.549. The van der Waals surface area contributed by atoms with Gasteiger partial charge in [-0.2, -0.15) is 5.10 Å². The molecule has 1 saturated heterocycles. The molecule has 0 saturated carbocycles. The van der Waals surface area contributed by atoms with Crippen molar-refractivity contribution in [2.75, 3.05) is 32.6 Å². The number of benzene rings is 1. The number of likely N-dealkylation sites (N-methyl/N-ethyl adjacent to an activating group) is 1. The molecule has 30 heavy (non-hydrogen) atoms. The highest BCUT2D eigenvalue weighted by molar-refractivity contribution is 6.14. The maximum Gasteiger partial charge on any atom is 0.326 e. The van der Waals surface area contributed by atoms with Gasteiger partial charge >= 0.3 is 6.03 Å². The minimum absolute atomic E-state index is 0.153. The Morgan fingerprint density at radius 2 is 1.97 bits per heavy atom. The van der Waals surface area contributed by atoms with Gasteiger partial charge in [0.05, 0.1) is 6.20 Å². The summed E-state index contributed by atoms with van der Waals surface area (Å²) in [4.78, 5) is 29.7. The minimum Gasteiger partial charge on any atom is -0.492 e. The average molecular weight is 407 g/mol. The first kappa shape index (κ1) is 19.4. The number of amides is 3. The van der Waals surface area contributed by atoms with E-state index in [1.54, 1.807) is 29.1 Å². The van der Waals surface area contributed by atoms with E-state index in [9.17, 15) is 9.59 Å². The molecule has 3 N–H and O–H groups in total. The van der Waals surface area contributed by atoms with Crippen molar-refractivity contribution < 1.29 is 14.3 Å². The average Bonchev–Trinajstić information content (AvgIpc) is 3.25. The highest BCUT2D eigenvalue weighted by atomic mass is 16.5. The SMILES string of the molecule is CN(C)CCOc1ccc(Nc2ccn3ncc(/C=C4/NC(=O)NC4=O)c3n2)cc1. The summed E-state index contributed by atoms with van der Waals surface area (Å²) in [5.74, 6) is 0.928. The van der Waals surface area contributed by atoms with Gasteiger partial charge in [-0.1, -0.05) is 0 Å². The highest BCUT2D eigenvalue weighted by Gasteiger charge is 2.23. The smallest absolute Gasteiger partial charge is 0.326 e. The second-order valence-electron chi connectivity index (χ2n) is 6.95. The number of rotatable bonds is 7. The number of imide groups is 1. The van der Waals surface area contributed by atoms with Crippen molar-refractivity contribution in [1.82, 2.24) is 30.1 Å². The van der Waals surface area contributed by atoms with Gasteiger partial charge in [-0.15, -0.1) is 0 Å². The molecule has 1 aliphatic rings. The Morgan fingerprint density at radius 1 is 1.17 bits per heavy atom. The third-order valence-corrected chi connectivity index (χ3v) is 4.35. The fourth-order valence-electron chi connectivity index (χ4n) is 2.82. The van der Waals surface area contributed by atoms with Gasteiger partial charge in [0.2, 0.25) is 0 Å². The van der Waals surface area contributed by atoms with Gasteiger partial charge in [0.15, 0.2) is 5.65 Å². The Morgan fingerprint density at radius 3 is 2.67 bits per heavy atom. The van der Waals surface area contributed by atoms with Crippen molar-refractivity contribution >= 4 is 35.2 Å². The number of hydrogen-bond acceptors (Lipinski definition) is 7. The van der Waals surface area contributed by atoms with E-state index in [1.807, 2.05) is 38.4 Å². The molecule has 0 unspecified atom stereocenters. The molecule has 1 aromatic carbocycles. The van der Waals surface area contributed by atoms with Crippen LogP contribution in [0.3, 0.4) is 0 Å². The van der Waals surface area contributed by atoms with Crippen LogP contribution in [-0.4, -0.2) is 58.7 Å². The zero-order valence-corrected chi connectivity index (χ0v) is 16.5. The number of nitrogens with one attached hydrogen (secondary N) is 3. The first-order valence-electron chi connectivity index (χ1n) is 9.31. The molecule has 3 amide bonds. The van der Waals surface area contributed by atoms with Crippen LogP contribution in [0.2, 0.25) is 0 Å². The summed E-state index contributed by atoms with van der Waals surface area (Å²) in [6.07, 6.45) is 4.88. The first-order valence-corrected chi connectivity index (χ1v) is 9.31. The third kappa shape index (κ3) is 4.39. The van der Waals surface area contributed by atoms with E-state index < -0.39 is 11.9 Å². The van der Waals surface area contributed by atoms with Crippen molar-refractivity contribution in [3.63, 3.8) is 0 Å². The molecule has 0 spiro atoms. The van der Waals surface area contributed by atoms with Crippen LogP contribution in [0.1, 0.15) is 5.56 Å². The Hall–Kier alpha value is -3.92. The third-order valence-electron chi connectivity index (χ3n) is 4.35. The fraction of sp³-hybridized carbons (Fsp3) is 0.200. The van der Waals surface area contributed by atoms with Crippen LogP contribution in [0.25, 0.3) is 11.7 Å². The van der Waals surface area contributed by atoms with E-state index in [0.29, 0.717) is 23.6 Å². The molecule has 10 heteroatoms. The zero-order chi connectivity index (χ0) is 21.1. The number of nitrogens with zero attached hydrogens (tertiary/aromatic N) is 4. The summed E-state index contributed by atoms with van der Waals surface area (Å²) in [6, 6.07) is 8.86. The second kappa shape index (κ2) is 8.21. The quantitative estimate of drug-likeness (QED) is 0.403. The first-order chi connectivity index (χ1) is 14.5. The maximum atomic E-state index is 11.7. The summed E-state index contributed by atoms with van der Waals surface area (Å²) in [6.45, 7) is 1.47. The van der Waals surface area contributed by atoms with Gasteiger partial charge in [-0.25, -0.2) is 14.3 Å². The van der Waals surface area contributed by atoms with Crippen LogP contribution in [0.4, 0.5) is 16.3 Å². The van der Waals surface area contributed by atoms with E-state index in [4.69, 9.17) is 4.74 Å². The molecule has 4 rings (SSSR count). The number of carbonyl (C=O) groups is 2. The number of ether oxygens (including phenoxy) is 1. The monoisotopic (exact) mass is 407 g/mol. The summed E-state index contributed by atoms with van der Waals surface area (Å²) >= 11 is 0. The molecule has 0 radical (unpaired) electrons. The summed E-state index contributed by atoms with van der Waals surface area (Å²) in [5.41, 5.74) is 2.16. The van der Waals surface area contributed by atoms with Crippen LogP contribution >= 0.6 is 0 Å². The summed E-state index contributed by atoms with van der Waals surface area (Å²) in [5, 5.41) is 12.1. The molecule has 154 valence electrons. The van der Waals surface area contributed by atoms with Crippen LogP contribution in [0.5, 0.6) is 5.75 Å². The van der Waals surface area contributed by atoms with Crippen molar-refractivity contribution in [2.45, 2.75) is 0 Å². The lowest BCUT2D eigenvalue weighted by molar-refractivity contribution is -0.115. The number of fused-ring (bicyclic) bond motifs is 1. The molecule has 3 heterocycles. The highest BCUT2D eigenvalue weighted by Crippen LogP contribution is 2.21. The number of urea groups is 1. The van der Waals surface area contributed by atoms with E-state index in [1.165, 1.54) is 0 Å². The fourth-order valence-corrected chi connectivity index (χ4v) is 2.82. The topological polar surface area (TPSA) is 113 Å². The molecule has 0 bridgehead atoms. The van der Waals surface area contributed by atoms with E-state index in [0.717, 1.165) is 18.0 Å². The Bertz CT molecular complexity index is 1120. The van der Waals surface area contributed by atoms with Gasteiger partial charge in [0.1, 0.15) is 23.9 Å². The van der Waals surface area contributed by atoms with Gasteiger partial charge in [-0.3, -0.25) is 10.1 Å². The predicted molar refractivity (Wildman–Crippen MR) is 111 cm³/mol.